The molecule has 13 heteroatoms. The first kappa shape index (κ1) is 29.9. The second-order valence-corrected chi connectivity index (χ2v) is 10.7. The minimum atomic E-state index is -5.03. The Morgan fingerprint density at radius 1 is 1.08 bits per heavy atom. The van der Waals surface area contributed by atoms with Gasteiger partial charge in [0.25, 0.3) is 0 Å². The standard InChI is InChI=1S/C26H32N3O9P/c1-16(38-39(35,36)37)23(25(34)29-15-3-4-21(29)24(27)33)28-22(32)13-14-26(2,17-5-9-19(30)10-6-17)18-7-11-20(31)12-8-18/h3-12,16,21,23,30-31H,13-15H2,1-2H3,(H2,27,33)(H,28,32)(H2,35,36,37)/t16-,21+,23+/m1/s1. The van der Waals surface area contributed by atoms with Gasteiger partial charge in [0.1, 0.15) is 23.6 Å². The van der Waals surface area contributed by atoms with E-state index in [-0.39, 0.29) is 30.9 Å². The molecule has 0 radical (unpaired) electrons. The molecular formula is C26H32N3O9P. The van der Waals surface area contributed by atoms with E-state index >= 15 is 0 Å². The van der Waals surface area contributed by atoms with Crippen molar-refractivity contribution in [2.75, 3.05) is 6.54 Å². The molecule has 39 heavy (non-hydrogen) atoms. The highest BCUT2D eigenvalue weighted by Gasteiger charge is 2.39. The highest BCUT2D eigenvalue weighted by molar-refractivity contribution is 7.46. The number of phenolic OH excluding ortho intramolecular Hbond substituents is 2. The van der Waals surface area contributed by atoms with Crippen LogP contribution in [0.1, 0.15) is 37.8 Å². The molecule has 1 aliphatic rings. The van der Waals surface area contributed by atoms with Crippen LogP contribution in [0.25, 0.3) is 0 Å². The molecule has 2 aromatic rings. The molecule has 0 aromatic heterocycles. The SMILES string of the molecule is C[C@@H](OP(=O)(O)O)[C@H](NC(=O)CCC(C)(c1ccc(O)cc1)c1ccc(O)cc1)C(=O)N1CC=C[C@H]1C(N)=O. The van der Waals surface area contributed by atoms with Gasteiger partial charge >= 0.3 is 7.82 Å². The van der Waals surface area contributed by atoms with E-state index in [9.17, 15) is 38.9 Å². The summed E-state index contributed by atoms with van der Waals surface area (Å²) in [6.45, 7) is 3.12. The Labute approximate surface area is 225 Å². The predicted molar refractivity (Wildman–Crippen MR) is 140 cm³/mol. The number of phosphoric ester groups is 1. The Hall–Kier alpha value is -3.70. The molecule has 12 nitrogen and oxygen atoms in total. The molecule has 1 aliphatic heterocycles. The third-order valence-electron chi connectivity index (χ3n) is 6.75. The fourth-order valence-corrected chi connectivity index (χ4v) is 5.11. The molecule has 1 heterocycles. The summed E-state index contributed by atoms with van der Waals surface area (Å²) >= 11 is 0. The maximum absolute atomic E-state index is 13.3. The van der Waals surface area contributed by atoms with Crippen molar-refractivity contribution in [2.45, 2.75) is 50.3 Å². The largest absolute Gasteiger partial charge is 0.508 e. The number of primary amides is 1. The van der Waals surface area contributed by atoms with Gasteiger partial charge in [-0.1, -0.05) is 43.3 Å². The van der Waals surface area contributed by atoms with E-state index in [1.165, 1.54) is 37.3 Å². The molecule has 0 saturated carbocycles. The molecule has 3 atom stereocenters. The van der Waals surface area contributed by atoms with Gasteiger partial charge in [-0.3, -0.25) is 18.9 Å². The zero-order valence-corrected chi connectivity index (χ0v) is 22.3. The van der Waals surface area contributed by atoms with Gasteiger partial charge in [-0.2, -0.15) is 0 Å². The Balaban J connectivity index is 1.84. The number of nitrogens with two attached hydrogens (primary N) is 1. The average molecular weight is 562 g/mol. The molecule has 3 rings (SSSR count). The number of phenols is 2. The van der Waals surface area contributed by atoms with Crippen LogP contribution < -0.4 is 11.1 Å². The number of benzene rings is 2. The van der Waals surface area contributed by atoms with Crippen molar-refractivity contribution in [3.05, 3.63) is 71.8 Å². The van der Waals surface area contributed by atoms with Crippen LogP contribution >= 0.6 is 7.82 Å². The average Bonchev–Trinajstić information content (AvgIpc) is 3.36. The lowest BCUT2D eigenvalue weighted by atomic mass is 9.73. The summed E-state index contributed by atoms with van der Waals surface area (Å²) in [5.41, 5.74) is 6.16. The van der Waals surface area contributed by atoms with Gasteiger partial charge in [0, 0.05) is 18.4 Å². The molecule has 2 aromatic carbocycles. The number of nitrogens with one attached hydrogen (secondary N) is 1. The van der Waals surface area contributed by atoms with E-state index in [1.807, 2.05) is 6.92 Å². The number of amides is 3. The summed E-state index contributed by atoms with van der Waals surface area (Å²) < 4.78 is 16.2. The second-order valence-electron chi connectivity index (χ2n) is 9.54. The normalized spacial score (nSPS) is 17.0. The third kappa shape index (κ3) is 7.45. The number of carbonyl (C=O) groups excluding carboxylic acids is 3. The van der Waals surface area contributed by atoms with Crippen molar-refractivity contribution >= 4 is 25.5 Å². The number of nitrogens with zero attached hydrogens (tertiary/aromatic N) is 1. The molecule has 0 bridgehead atoms. The molecular weight excluding hydrogens is 529 g/mol. The first-order chi connectivity index (χ1) is 18.2. The zero-order valence-electron chi connectivity index (χ0n) is 21.4. The van der Waals surface area contributed by atoms with E-state index in [0.29, 0.717) is 0 Å². The van der Waals surface area contributed by atoms with Crippen LogP contribution in [0.5, 0.6) is 11.5 Å². The molecule has 0 fully saturated rings. The Morgan fingerprint density at radius 3 is 2.05 bits per heavy atom. The number of carbonyl (C=O) groups is 3. The maximum Gasteiger partial charge on any atom is 0.469 e. The number of rotatable bonds is 11. The highest BCUT2D eigenvalue weighted by atomic mass is 31.2. The van der Waals surface area contributed by atoms with Crippen LogP contribution in [0.3, 0.4) is 0 Å². The van der Waals surface area contributed by atoms with E-state index < -0.39 is 49.1 Å². The van der Waals surface area contributed by atoms with Crippen molar-refractivity contribution in [2.24, 2.45) is 5.73 Å². The lowest BCUT2D eigenvalue weighted by Crippen LogP contribution is -2.57. The Morgan fingerprint density at radius 2 is 1.59 bits per heavy atom. The van der Waals surface area contributed by atoms with Crippen LogP contribution in [0.15, 0.2) is 60.7 Å². The monoisotopic (exact) mass is 561 g/mol. The van der Waals surface area contributed by atoms with Crippen molar-refractivity contribution in [1.29, 1.82) is 0 Å². The lowest BCUT2D eigenvalue weighted by Gasteiger charge is -2.33. The molecule has 7 N–H and O–H groups in total. The number of hydrogen-bond acceptors (Lipinski definition) is 7. The van der Waals surface area contributed by atoms with Crippen molar-refractivity contribution in [3.63, 3.8) is 0 Å². The molecule has 3 amide bonds. The topological polar surface area (TPSA) is 200 Å². The Kier molecular flexibility index (Phi) is 9.18. The zero-order chi connectivity index (χ0) is 29.0. The van der Waals surface area contributed by atoms with Crippen molar-refractivity contribution in [1.82, 2.24) is 10.2 Å². The van der Waals surface area contributed by atoms with Gasteiger partial charge in [-0.15, -0.1) is 0 Å². The fraction of sp³-hybridized carbons (Fsp3) is 0.346. The summed E-state index contributed by atoms with van der Waals surface area (Å²) in [6, 6.07) is 10.3. The van der Waals surface area contributed by atoms with E-state index in [0.717, 1.165) is 16.0 Å². The van der Waals surface area contributed by atoms with Crippen LogP contribution in [-0.4, -0.2) is 67.4 Å². The summed E-state index contributed by atoms with van der Waals surface area (Å²) in [4.78, 5) is 57.9. The minimum Gasteiger partial charge on any atom is -0.508 e. The number of phosphoric acid groups is 1. The maximum atomic E-state index is 13.3. The van der Waals surface area contributed by atoms with Gasteiger partial charge in [-0.25, -0.2) is 4.57 Å². The summed E-state index contributed by atoms with van der Waals surface area (Å²) in [7, 11) is -5.03. The summed E-state index contributed by atoms with van der Waals surface area (Å²) in [5, 5.41) is 22.0. The van der Waals surface area contributed by atoms with E-state index in [1.54, 1.807) is 30.3 Å². The third-order valence-corrected chi connectivity index (χ3v) is 7.35. The quantitative estimate of drug-likeness (QED) is 0.173. The van der Waals surface area contributed by atoms with Gasteiger partial charge in [0.05, 0.1) is 6.10 Å². The smallest absolute Gasteiger partial charge is 0.469 e. The van der Waals surface area contributed by atoms with E-state index in [4.69, 9.17) is 10.3 Å². The lowest BCUT2D eigenvalue weighted by molar-refractivity contribution is -0.142. The van der Waals surface area contributed by atoms with Gasteiger partial charge < -0.3 is 36.0 Å². The van der Waals surface area contributed by atoms with Gasteiger partial charge in [0.15, 0.2) is 0 Å². The van der Waals surface area contributed by atoms with Crippen molar-refractivity contribution in [3.8, 4) is 11.5 Å². The molecule has 0 unspecified atom stereocenters. The van der Waals surface area contributed by atoms with Crippen molar-refractivity contribution < 1.29 is 43.5 Å². The predicted octanol–water partition coefficient (Wildman–Crippen LogP) is 1.42. The van der Waals surface area contributed by atoms with Gasteiger partial charge in [-0.05, 0) is 48.7 Å². The summed E-state index contributed by atoms with van der Waals surface area (Å²) in [5.74, 6) is -2.07. The van der Waals surface area contributed by atoms with Crippen LogP contribution in [-0.2, 0) is 28.9 Å². The van der Waals surface area contributed by atoms with Crippen LogP contribution in [0.4, 0.5) is 0 Å². The molecule has 0 saturated heterocycles. The first-order valence-corrected chi connectivity index (χ1v) is 13.6. The Bertz CT molecular complexity index is 1230. The second kappa shape index (κ2) is 12.0. The number of aromatic hydroxyl groups is 2. The fourth-order valence-electron chi connectivity index (χ4n) is 4.56. The van der Waals surface area contributed by atoms with E-state index in [2.05, 4.69) is 5.32 Å². The highest BCUT2D eigenvalue weighted by Crippen LogP contribution is 2.39. The van der Waals surface area contributed by atoms with Gasteiger partial charge in [0.2, 0.25) is 17.7 Å². The minimum absolute atomic E-state index is 0.0151. The molecule has 210 valence electrons. The summed E-state index contributed by atoms with van der Waals surface area (Å²) in [6.07, 6.45) is 1.62. The molecule has 0 spiro atoms. The first-order valence-electron chi connectivity index (χ1n) is 12.1. The van der Waals surface area contributed by atoms with Crippen LogP contribution in [0.2, 0.25) is 0 Å². The molecule has 0 aliphatic carbocycles. The van der Waals surface area contributed by atoms with Crippen LogP contribution in [0, 0.1) is 0 Å². The number of hydrogen-bond donors (Lipinski definition) is 6.